The Kier molecular flexibility index (Phi) is 5.18. The zero-order chi connectivity index (χ0) is 11.1. The lowest BCUT2D eigenvalue weighted by Gasteiger charge is -2.16. The maximum absolute atomic E-state index is 4.53. The van der Waals surface area contributed by atoms with E-state index < -0.39 is 0 Å². The average molecular weight is 225 g/mol. The second-order valence-corrected chi connectivity index (χ2v) is 4.49. The minimum atomic E-state index is 0.848. The van der Waals surface area contributed by atoms with Gasteiger partial charge < -0.3 is 10.2 Å². The van der Waals surface area contributed by atoms with Gasteiger partial charge in [0.2, 0.25) is 0 Å². The molecule has 1 N–H and O–H groups in total. The van der Waals surface area contributed by atoms with Crippen LogP contribution in [0.1, 0.15) is 11.8 Å². The molecule has 0 aromatic carbocycles. The molecule has 1 aromatic rings. The van der Waals surface area contributed by atoms with Crippen LogP contribution in [0.2, 0.25) is 0 Å². The van der Waals surface area contributed by atoms with E-state index in [1.54, 1.807) is 11.3 Å². The third-order valence-corrected chi connectivity index (χ3v) is 2.89. The second kappa shape index (κ2) is 6.45. The number of thiophene rings is 1. The number of hydrogen-bond acceptors (Lipinski definition) is 2. The molecule has 0 unspecified atom stereocenters. The summed E-state index contributed by atoms with van der Waals surface area (Å²) in [6.07, 6.45) is 1.03. The fourth-order valence-electron chi connectivity index (χ4n) is 1.24. The molecule has 0 radical (unpaired) electrons. The fraction of sp³-hybridized carbons (Fsp3) is 0.545. The number of rotatable bonds is 4. The third kappa shape index (κ3) is 4.34. The Balaban J connectivity index is 2.40. The van der Waals surface area contributed by atoms with Crippen LogP contribution < -0.4 is 5.32 Å². The first-order chi connectivity index (χ1) is 7.24. The van der Waals surface area contributed by atoms with Crippen LogP contribution in [0.3, 0.4) is 0 Å². The van der Waals surface area contributed by atoms with Crippen LogP contribution in [0.4, 0.5) is 0 Å². The van der Waals surface area contributed by atoms with Gasteiger partial charge in [-0.25, -0.2) is 0 Å². The molecule has 0 saturated carbocycles. The second-order valence-electron chi connectivity index (χ2n) is 3.46. The van der Waals surface area contributed by atoms with Crippen LogP contribution in [0.5, 0.6) is 0 Å². The highest BCUT2D eigenvalue weighted by molar-refractivity contribution is 7.09. The van der Waals surface area contributed by atoms with Gasteiger partial charge in [-0.15, -0.1) is 11.3 Å². The standard InChI is InChI=1S/C11H19N3S/c1-4-12-11(14(2)3)13-8-7-10-6-5-9-15-10/h5-6,9H,4,7-8H2,1-3H3,(H,12,13). The van der Waals surface area contributed by atoms with Gasteiger partial charge in [0.25, 0.3) is 0 Å². The number of hydrogen-bond donors (Lipinski definition) is 1. The van der Waals surface area contributed by atoms with Crippen molar-refractivity contribution >= 4 is 17.3 Å². The van der Waals surface area contributed by atoms with E-state index in [0.717, 1.165) is 25.5 Å². The molecule has 15 heavy (non-hydrogen) atoms. The molecule has 3 nitrogen and oxygen atoms in total. The van der Waals surface area contributed by atoms with Gasteiger partial charge in [-0.3, -0.25) is 4.99 Å². The molecule has 0 aliphatic rings. The van der Waals surface area contributed by atoms with E-state index in [0.29, 0.717) is 0 Å². The van der Waals surface area contributed by atoms with Crippen LogP contribution >= 0.6 is 11.3 Å². The Hall–Kier alpha value is -1.03. The van der Waals surface area contributed by atoms with Gasteiger partial charge in [-0.2, -0.15) is 0 Å². The Bertz CT molecular complexity index is 291. The molecule has 0 spiro atoms. The largest absolute Gasteiger partial charge is 0.357 e. The molecule has 0 saturated heterocycles. The van der Waals surface area contributed by atoms with Gasteiger partial charge in [-0.05, 0) is 18.4 Å². The maximum Gasteiger partial charge on any atom is 0.193 e. The van der Waals surface area contributed by atoms with Crippen LogP contribution in [0, 0.1) is 0 Å². The summed E-state index contributed by atoms with van der Waals surface area (Å²) < 4.78 is 0. The fourth-order valence-corrected chi connectivity index (χ4v) is 1.94. The van der Waals surface area contributed by atoms with Gasteiger partial charge in [0.15, 0.2) is 5.96 Å². The van der Waals surface area contributed by atoms with Crippen molar-refractivity contribution in [2.75, 3.05) is 27.2 Å². The highest BCUT2D eigenvalue weighted by atomic mass is 32.1. The molecular formula is C11H19N3S. The summed E-state index contributed by atoms with van der Waals surface area (Å²) in [5, 5.41) is 5.35. The summed E-state index contributed by atoms with van der Waals surface area (Å²) in [5.74, 6) is 0.967. The number of aliphatic imine (C=N–C) groups is 1. The first-order valence-corrected chi connectivity index (χ1v) is 6.10. The van der Waals surface area contributed by atoms with Gasteiger partial charge in [0, 0.05) is 38.5 Å². The minimum Gasteiger partial charge on any atom is -0.357 e. The van der Waals surface area contributed by atoms with Crippen LogP contribution in [0.25, 0.3) is 0 Å². The molecular weight excluding hydrogens is 206 g/mol. The molecule has 1 aromatic heterocycles. The molecule has 1 rings (SSSR count). The van der Waals surface area contributed by atoms with Gasteiger partial charge in [0.05, 0.1) is 0 Å². The van der Waals surface area contributed by atoms with Crippen molar-refractivity contribution in [1.82, 2.24) is 10.2 Å². The zero-order valence-corrected chi connectivity index (χ0v) is 10.5. The topological polar surface area (TPSA) is 27.6 Å². The molecule has 0 fully saturated rings. The molecule has 0 amide bonds. The summed E-state index contributed by atoms with van der Waals surface area (Å²) in [5.41, 5.74) is 0. The van der Waals surface area contributed by atoms with Crippen molar-refractivity contribution in [1.29, 1.82) is 0 Å². The minimum absolute atomic E-state index is 0.848. The lowest BCUT2D eigenvalue weighted by atomic mass is 10.3. The summed E-state index contributed by atoms with van der Waals surface area (Å²) in [4.78, 5) is 7.93. The van der Waals surface area contributed by atoms with Gasteiger partial charge in [-0.1, -0.05) is 6.07 Å². The predicted octanol–water partition coefficient (Wildman–Crippen LogP) is 1.82. The van der Waals surface area contributed by atoms with E-state index in [1.807, 2.05) is 19.0 Å². The van der Waals surface area contributed by atoms with Gasteiger partial charge >= 0.3 is 0 Å². The van der Waals surface area contributed by atoms with Crippen molar-refractivity contribution in [2.24, 2.45) is 4.99 Å². The SMILES string of the molecule is CCNC(=NCCc1cccs1)N(C)C. The zero-order valence-electron chi connectivity index (χ0n) is 9.66. The summed E-state index contributed by atoms with van der Waals surface area (Å²) >= 11 is 1.79. The lowest BCUT2D eigenvalue weighted by molar-refractivity contribution is 0.583. The number of nitrogens with one attached hydrogen (secondary N) is 1. The van der Waals surface area contributed by atoms with E-state index in [1.165, 1.54) is 4.88 Å². The molecule has 4 heteroatoms. The molecule has 0 aliphatic carbocycles. The highest BCUT2D eigenvalue weighted by Crippen LogP contribution is 2.08. The van der Waals surface area contributed by atoms with Crippen molar-refractivity contribution in [3.8, 4) is 0 Å². The first kappa shape index (κ1) is 12.0. The molecule has 0 bridgehead atoms. The monoisotopic (exact) mass is 225 g/mol. The van der Waals surface area contributed by atoms with E-state index >= 15 is 0 Å². The quantitative estimate of drug-likeness (QED) is 0.625. The van der Waals surface area contributed by atoms with Gasteiger partial charge in [0.1, 0.15) is 0 Å². The molecule has 0 atom stereocenters. The van der Waals surface area contributed by atoms with E-state index in [-0.39, 0.29) is 0 Å². The Morgan fingerprint density at radius 3 is 2.87 bits per heavy atom. The lowest BCUT2D eigenvalue weighted by Crippen LogP contribution is -2.36. The maximum atomic E-state index is 4.53. The average Bonchev–Trinajstić information content (AvgIpc) is 2.69. The van der Waals surface area contributed by atoms with E-state index in [2.05, 4.69) is 34.7 Å². The smallest absolute Gasteiger partial charge is 0.193 e. The highest BCUT2D eigenvalue weighted by Gasteiger charge is 1.99. The van der Waals surface area contributed by atoms with E-state index in [4.69, 9.17) is 0 Å². The summed E-state index contributed by atoms with van der Waals surface area (Å²) in [6, 6.07) is 4.24. The Morgan fingerprint density at radius 1 is 1.53 bits per heavy atom. The summed E-state index contributed by atoms with van der Waals surface area (Å²) in [7, 11) is 4.01. The van der Waals surface area contributed by atoms with E-state index in [9.17, 15) is 0 Å². The molecule has 0 aliphatic heterocycles. The Morgan fingerprint density at radius 2 is 2.33 bits per heavy atom. The van der Waals surface area contributed by atoms with Crippen LogP contribution in [-0.4, -0.2) is 38.0 Å². The normalized spacial score (nSPS) is 11.5. The Labute approximate surface area is 95.8 Å². The van der Waals surface area contributed by atoms with Crippen molar-refractivity contribution in [3.63, 3.8) is 0 Å². The molecule has 84 valence electrons. The molecule has 1 heterocycles. The third-order valence-electron chi connectivity index (χ3n) is 1.96. The van der Waals surface area contributed by atoms with Crippen molar-refractivity contribution in [2.45, 2.75) is 13.3 Å². The first-order valence-electron chi connectivity index (χ1n) is 5.22. The van der Waals surface area contributed by atoms with Crippen molar-refractivity contribution in [3.05, 3.63) is 22.4 Å². The summed E-state index contributed by atoms with van der Waals surface area (Å²) in [6.45, 7) is 3.84. The predicted molar refractivity (Wildman–Crippen MR) is 67.7 cm³/mol. The van der Waals surface area contributed by atoms with Crippen LogP contribution in [-0.2, 0) is 6.42 Å². The van der Waals surface area contributed by atoms with Crippen molar-refractivity contribution < 1.29 is 0 Å². The number of guanidine groups is 1. The van der Waals surface area contributed by atoms with Crippen LogP contribution in [0.15, 0.2) is 22.5 Å². The number of nitrogens with zero attached hydrogens (tertiary/aromatic N) is 2.